The molecule has 0 fully saturated rings. The molecule has 0 aliphatic carbocycles. The van der Waals surface area contributed by atoms with Crippen LogP contribution in [0.1, 0.15) is 36.8 Å². The summed E-state index contributed by atoms with van der Waals surface area (Å²) in [7, 11) is 3.23. The first kappa shape index (κ1) is 27.4. The minimum Gasteiger partial charge on any atom is -0.497 e. The number of nitrogens with one attached hydrogen (secondary N) is 1. The maximum Gasteiger partial charge on any atom is 0.244 e. The van der Waals surface area contributed by atoms with Crippen molar-refractivity contribution in [2.45, 2.75) is 48.8 Å². The van der Waals surface area contributed by atoms with Gasteiger partial charge in [-0.25, -0.2) is 10.5 Å². The van der Waals surface area contributed by atoms with E-state index in [1.54, 1.807) is 25.9 Å². The lowest BCUT2D eigenvalue weighted by Gasteiger charge is -2.17. The van der Waals surface area contributed by atoms with Gasteiger partial charge in [-0.3, -0.25) is 10.0 Å². The highest BCUT2D eigenvalue weighted by Crippen LogP contribution is 2.34. The maximum absolute atomic E-state index is 11.9. The van der Waals surface area contributed by atoms with Gasteiger partial charge >= 0.3 is 0 Å². The first-order valence-corrected chi connectivity index (χ1v) is 12.9. The molecule has 1 atom stereocenters. The van der Waals surface area contributed by atoms with Crippen molar-refractivity contribution in [3.05, 3.63) is 78.0 Å². The van der Waals surface area contributed by atoms with Crippen LogP contribution in [0.15, 0.2) is 71.9 Å². The van der Waals surface area contributed by atoms with E-state index in [0.29, 0.717) is 18.1 Å². The lowest BCUT2D eigenvalue weighted by Crippen LogP contribution is -2.23. The van der Waals surface area contributed by atoms with Crippen LogP contribution in [0.3, 0.4) is 0 Å². The zero-order chi connectivity index (χ0) is 25.6. The highest BCUT2D eigenvalue weighted by Gasteiger charge is 2.17. The molecule has 0 aliphatic rings. The normalized spacial score (nSPS) is 11.5. The summed E-state index contributed by atoms with van der Waals surface area (Å²) in [6.45, 7) is 0.479. The molecule has 8 heteroatoms. The number of aromatic nitrogens is 1. The molecule has 0 saturated heterocycles. The number of aryl methyl sites for hydroxylation is 1. The van der Waals surface area contributed by atoms with Gasteiger partial charge in [0.1, 0.15) is 10.8 Å². The van der Waals surface area contributed by atoms with Crippen LogP contribution in [0, 0.1) is 0 Å². The highest BCUT2D eigenvalue weighted by atomic mass is 32.2. The van der Waals surface area contributed by atoms with Crippen molar-refractivity contribution in [2.24, 2.45) is 0 Å². The van der Waals surface area contributed by atoms with Gasteiger partial charge in [0.05, 0.1) is 27.0 Å². The van der Waals surface area contributed by atoms with E-state index in [1.807, 2.05) is 48.5 Å². The van der Waals surface area contributed by atoms with Gasteiger partial charge in [0, 0.05) is 24.2 Å². The Morgan fingerprint density at radius 2 is 1.72 bits per heavy atom. The average molecular weight is 511 g/mol. The summed E-state index contributed by atoms with van der Waals surface area (Å²) in [5.74, 6) is 1.58. The van der Waals surface area contributed by atoms with Crippen molar-refractivity contribution in [1.29, 1.82) is 0 Å². The van der Waals surface area contributed by atoms with Gasteiger partial charge in [-0.15, -0.1) is 11.8 Å². The zero-order valence-electron chi connectivity index (χ0n) is 20.8. The van der Waals surface area contributed by atoms with Crippen LogP contribution < -0.4 is 19.7 Å². The van der Waals surface area contributed by atoms with Crippen molar-refractivity contribution in [3.8, 4) is 17.2 Å². The van der Waals surface area contributed by atoms with Crippen LogP contribution in [-0.2, 0) is 17.6 Å². The Labute approximate surface area is 217 Å². The van der Waals surface area contributed by atoms with Crippen LogP contribution >= 0.6 is 11.8 Å². The molecule has 3 rings (SSSR count). The number of carbonyl (C=O) groups is 1. The molecule has 1 heterocycles. The third-order valence-corrected chi connectivity index (χ3v) is 6.94. The Bertz CT molecular complexity index is 1060. The fourth-order valence-electron chi connectivity index (χ4n) is 3.78. The third kappa shape index (κ3) is 9.09. The monoisotopic (exact) mass is 510 g/mol. The molecule has 2 N–H and O–H groups in total. The first-order chi connectivity index (χ1) is 17.6. The molecule has 1 aromatic heterocycles. The molecule has 0 aliphatic heterocycles. The standard InChI is InChI=1S/C28H34N2O5S/c1-33-23-14-12-22(13-15-23)16-17-35-25-19-28(29-20-26(25)34-2)36-24(18-27(31)30-32)11-7-6-10-21-8-4-3-5-9-21/h3-5,8-9,12-15,19-20,24,32H,6-7,10-11,16-18H2,1-2H3,(H,30,31). The number of unbranched alkanes of at least 4 members (excludes halogenated alkanes) is 1. The smallest absolute Gasteiger partial charge is 0.244 e. The van der Waals surface area contributed by atoms with E-state index in [1.165, 1.54) is 17.3 Å². The molecule has 0 saturated carbocycles. The highest BCUT2D eigenvalue weighted by molar-refractivity contribution is 7.99. The maximum atomic E-state index is 11.9. The number of carbonyl (C=O) groups excluding carboxylic acids is 1. The summed E-state index contributed by atoms with van der Waals surface area (Å²) >= 11 is 1.51. The fourth-order valence-corrected chi connectivity index (χ4v) is 4.93. The zero-order valence-corrected chi connectivity index (χ0v) is 21.6. The molecule has 0 radical (unpaired) electrons. The number of nitrogens with zero attached hydrogens (tertiary/aromatic N) is 1. The number of thioether (sulfide) groups is 1. The fraction of sp³-hybridized carbons (Fsp3) is 0.357. The largest absolute Gasteiger partial charge is 0.497 e. The van der Waals surface area contributed by atoms with Crippen molar-refractivity contribution in [3.63, 3.8) is 0 Å². The number of pyridine rings is 1. The number of rotatable bonds is 15. The van der Waals surface area contributed by atoms with Crippen molar-refractivity contribution < 1.29 is 24.2 Å². The summed E-state index contributed by atoms with van der Waals surface area (Å²) in [4.78, 5) is 16.4. The van der Waals surface area contributed by atoms with Crippen LogP contribution in [0.25, 0.3) is 0 Å². The number of hydrogen-bond acceptors (Lipinski definition) is 7. The van der Waals surface area contributed by atoms with Gasteiger partial charge in [-0.2, -0.15) is 0 Å². The third-order valence-electron chi connectivity index (χ3n) is 5.74. The van der Waals surface area contributed by atoms with Crippen LogP contribution in [0.4, 0.5) is 0 Å². The minimum absolute atomic E-state index is 0.0269. The summed E-state index contributed by atoms with van der Waals surface area (Å²) in [6, 6.07) is 20.1. The molecular formula is C28H34N2O5S. The first-order valence-electron chi connectivity index (χ1n) is 12.0. The van der Waals surface area contributed by atoms with E-state index >= 15 is 0 Å². The summed E-state index contributed by atoms with van der Waals surface area (Å²) in [5, 5.41) is 9.75. The molecule has 1 unspecified atom stereocenters. The van der Waals surface area contributed by atoms with E-state index in [9.17, 15) is 4.79 Å². The number of methoxy groups -OCH3 is 2. The number of hydrogen-bond donors (Lipinski definition) is 2. The predicted octanol–water partition coefficient (Wildman–Crippen LogP) is 5.49. The molecule has 0 bridgehead atoms. The van der Waals surface area contributed by atoms with Gasteiger partial charge in [0.15, 0.2) is 11.5 Å². The molecule has 36 heavy (non-hydrogen) atoms. The second kappa shape index (κ2) is 15.0. The van der Waals surface area contributed by atoms with Crippen LogP contribution in [0.2, 0.25) is 0 Å². The number of amides is 1. The molecule has 3 aromatic rings. The number of ether oxygens (including phenoxy) is 3. The number of hydroxylamine groups is 1. The van der Waals surface area contributed by atoms with E-state index in [2.05, 4.69) is 17.1 Å². The average Bonchev–Trinajstić information content (AvgIpc) is 2.92. The topological polar surface area (TPSA) is 89.9 Å². The van der Waals surface area contributed by atoms with E-state index in [0.717, 1.165) is 48.4 Å². The SMILES string of the molecule is COc1ccc(CCOc2cc(SC(CCCCc3ccccc3)CC(=O)NO)ncc2OC)cc1. The minimum atomic E-state index is -0.403. The molecule has 192 valence electrons. The van der Waals surface area contributed by atoms with Crippen LogP contribution in [-0.4, -0.2) is 42.2 Å². The molecule has 7 nitrogen and oxygen atoms in total. The van der Waals surface area contributed by atoms with Gasteiger partial charge in [0.2, 0.25) is 5.91 Å². The Morgan fingerprint density at radius 3 is 2.42 bits per heavy atom. The predicted molar refractivity (Wildman–Crippen MR) is 141 cm³/mol. The van der Waals surface area contributed by atoms with E-state index in [-0.39, 0.29) is 11.7 Å². The van der Waals surface area contributed by atoms with Gasteiger partial charge in [-0.1, -0.05) is 48.9 Å². The molecule has 0 spiro atoms. The second-order valence-corrected chi connectivity index (χ2v) is 9.65. The lowest BCUT2D eigenvalue weighted by atomic mass is 10.1. The quantitative estimate of drug-likeness (QED) is 0.121. The molecule has 2 aromatic carbocycles. The van der Waals surface area contributed by atoms with E-state index < -0.39 is 5.91 Å². The van der Waals surface area contributed by atoms with Crippen LogP contribution in [0.5, 0.6) is 17.2 Å². The summed E-state index contributed by atoms with van der Waals surface area (Å²) < 4.78 is 16.7. The Kier molecular flexibility index (Phi) is 11.4. The second-order valence-electron chi connectivity index (χ2n) is 8.33. The van der Waals surface area contributed by atoms with Gasteiger partial charge in [-0.05, 0) is 42.5 Å². The van der Waals surface area contributed by atoms with Gasteiger partial charge < -0.3 is 14.2 Å². The summed E-state index contributed by atoms with van der Waals surface area (Å²) in [6.07, 6.45) is 6.39. The van der Waals surface area contributed by atoms with Crippen molar-refractivity contribution in [1.82, 2.24) is 10.5 Å². The lowest BCUT2D eigenvalue weighted by molar-refractivity contribution is -0.129. The Morgan fingerprint density at radius 1 is 0.972 bits per heavy atom. The Balaban J connectivity index is 1.58. The molecule has 1 amide bonds. The Hall–Kier alpha value is -3.23. The van der Waals surface area contributed by atoms with Crippen molar-refractivity contribution in [2.75, 3.05) is 20.8 Å². The number of benzene rings is 2. The summed E-state index contributed by atoms with van der Waals surface area (Å²) in [5.41, 5.74) is 4.20. The van der Waals surface area contributed by atoms with Crippen molar-refractivity contribution >= 4 is 17.7 Å². The van der Waals surface area contributed by atoms with Gasteiger partial charge in [0.25, 0.3) is 0 Å². The molecular weight excluding hydrogens is 476 g/mol. The van der Waals surface area contributed by atoms with E-state index in [4.69, 9.17) is 19.4 Å².